The van der Waals surface area contributed by atoms with Gasteiger partial charge >= 0.3 is 0 Å². The number of hydrogen-bond donors (Lipinski definition) is 1. The summed E-state index contributed by atoms with van der Waals surface area (Å²) in [4.78, 5) is 10.1. The van der Waals surface area contributed by atoms with Crippen LogP contribution in [0.5, 0.6) is 0 Å². The van der Waals surface area contributed by atoms with Gasteiger partial charge in [0, 0.05) is 10.7 Å². The van der Waals surface area contributed by atoms with E-state index in [-0.39, 0.29) is 5.76 Å². The summed E-state index contributed by atoms with van der Waals surface area (Å²) < 4.78 is 25.7. The predicted molar refractivity (Wildman–Crippen MR) is 37.1 cm³/mol. The molecule has 0 aliphatic rings. The molecule has 1 N–H and O–H groups in total. The van der Waals surface area contributed by atoms with Crippen molar-refractivity contribution in [3.05, 3.63) is 16.1 Å². The van der Waals surface area contributed by atoms with Gasteiger partial charge in [0.15, 0.2) is 10.7 Å². The van der Waals surface area contributed by atoms with Crippen LogP contribution in [0.25, 0.3) is 0 Å². The van der Waals surface area contributed by atoms with Crippen molar-refractivity contribution in [2.75, 3.05) is 0 Å². The van der Waals surface area contributed by atoms with Gasteiger partial charge in [0.1, 0.15) is 0 Å². The molecule has 0 aromatic carbocycles. The summed E-state index contributed by atoms with van der Waals surface area (Å²) in [6.45, 7) is 1.33. The van der Waals surface area contributed by atoms with Crippen LogP contribution in [-0.4, -0.2) is 13.6 Å². The van der Waals surface area contributed by atoms with Crippen LogP contribution in [0, 0.1) is 6.92 Å². The van der Waals surface area contributed by atoms with Crippen LogP contribution in [-0.2, 0) is 9.05 Å². The first kappa shape index (κ1) is 8.35. The van der Waals surface area contributed by atoms with Crippen LogP contribution in [0.15, 0.2) is 14.2 Å². The lowest BCUT2D eigenvalue weighted by Gasteiger charge is -1.85. The summed E-state index contributed by atoms with van der Waals surface area (Å²) in [5, 5.41) is 1.85. The second-order valence-corrected chi connectivity index (χ2v) is 4.36. The highest BCUT2D eigenvalue weighted by Crippen LogP contribution is 2.13. The summed E-state index contributed by atoms with van der Waals surface area (Å²) in [5.74, 6) is -0.0370. The van der Waals surface area contributed by atoms with Gasteiger partial charge in [0.05, 0.1) is 0 Å². The Kier molecular flexibility index (Phi) is 1.81. The molecule has 0 aliphatic heterocycles. The topological polar surface area (TPSA) is 80.1 Å². The summed E-state index contributed by atoms with van der Waals surface area (Å²) in [7, 11) is 0.917. The highest BCUT2D eigenvalue weighted by molar-refractivity contribution is 8.13. The van der Waals surface area contributed by atoms with Crippen molar-refractivity contribution in [2.24, 2.45) is 0 Å². The maximum Gasteiger partial charge on any atom is 0.300 e. The van der Waals surface area contributed by atoms with Crippen molar-refractivity contribution < 1.29 is 12.9 Å². The van der Waals surface area contributed by atoms with Gasteiger partial charge in [0.2, 0.25) is 0 Å². The number of hydrogen-bond acceptors (Lipinski definition) is 4. The summed E-state index contributed by atoms with van der Waals surface area (Å²) in [6, 6.07) is 0. The zero-order chi connectivity index (χ0) is 8.65. The quantitative estimate of drug-likeness (QED) is 0.653. The molecule has 1 heterocycles. The van der Waals surface area contributed by atoms with Gasteiger partial charge in [-0.1, -0.05) is 0 Å². The number of H-pyrrole nitrogens is 1. The first-order chi connectivity index (χ1) is 4.93. The second kappa shape index (κ2) is 2.38. The van der Waals surface area contributed by atoms with Crippen LogP contribution in [0.1, 0.15) is 5.76 Å². The molecule has 1 aromatic heterocycles. The Morgan fingerprint density at radius 3 is 2.27 bits per heavy atom. The third kappa shape index (κ3) is 1.46. The van der Waals surface area contributed by atoms with Crippen molar-refractivity contribution in [3.63, 3.8) is 0 Å². The second-order valence-electron chi connectivity index (χ2n) is 1.86. The number of halogens is 1. The number of aromatic amines is 1. The van der Waals surface area contributed by atoms with E-state index in [0.717, 1.165) is 0 Å². The fourth-order valence-electron chi connectivity index (χ4n) is 0.658. The van der Waals surface area contributed by atoms with Gasteiger partial charge in [-0.3, -0.25) is 4.79 Å². The molecular weight excluding hydrogens is 194 g/mol. The van der Waals surface area contributed by atoms with Crippen molar-refractivity contribution in [2.45, 2.75) is 11.8 Å². The van der Waals surface area contributed by atoms with E-state index in [1.165, 1.54) is 6.92 Å². The van der Waals surface area contributed by atoms with Gasteiger partial charge in [-0.15, -0.1) is 0 Å². The van der Waals surface area contributed by atoms with Crippen molar-refractivity contribution >= 4 is 19.7 Å². The van der Waals surface area contributed by atoms with Crippen molar-refractivity contribution in [1.82, 2.24) is 5.16 Å². The maximum absolute atomic E-state index is 10.7. The number of nitrogens with one attached hydrogen (secondary N) is 1. The van der Waals surface area contributed by atoms with E-state index >= 15 is 0 Å². The van der Waals surface area contributed by atoms with Gasteiger partial charge < -0.3 is 4.52 Å². The Bertz CT molecular complexity index is 414. The van der Waals surface area contributed by atoms with Gasteiger partial charge in [-0.2, -0.15) is 5.16 Å². The van der Waals surface area contributed by atoms with Crippen molar-refractivity contribution in [1.29, 1.82) is 0 Å². The molecule has 1 aromatic rings. The molecule has 0 unspecified atom stereocenters. The number of aromatic nitrogens is 1. The predicted octanol–water partition coefficient (Wildman–Crippen LogP) is 0.204. The van der Waals surface area contributed by atoms with Crippen LogP contribution < -0.4 is 5.56 Å². The maximum atomic E-state index is 10.7. The summed E-state index contributed by atoms with van der Waals surface area (Å²) in [5.41, 5.74) is -0.836. The van der Waals surface area contributed by atoms with Crippen molar-refractivity contribution in [3.8, 4) is 0 Å². The first-order valence-electron chi connectivity index (χ1n) is 2.55. The van der Waals surface area contributed by atoms with Crippen LogP contribution in [0.2, 0.25) is 0 Å². The molecule has 5 nitrogen and oxygen atoms in total. The molecule has 0 fully saturated rings. The Labute approximate surface area is 66.4 Å². The number of rotatable bonds is 1. The monoisotopic (exact) mass is 197 g/mol. The van der Waals surface area contributed by atoms with Gasteiger partial charge in [0.25, 0.3) is 14.6 Å². The highest BCUT2D eigenvalue weighted by atomic mass is 35.7. The zero-order valence-electron chi connectivity index (χ0n) is 5.42. The first-order valence-corrected chi connectivity index (χ1v) is 4.86. The molecule has 0 saturated heterocycles. The Morgan fingerprint density at radius 1 is 1.55 bits per heavy atom. The van der Waals surface area contributed by atoms with E-state index < -0.39 is 19.5 Å². The molecule has 0 radical (unpaired) electrons. The third-order valence-corrected chi connectivity index (χ3v) is 2.49. The lowest BCUT2D eigenvalue weighted by atomic mass is 10.5. The SMILES string of the molecule is Cc1o[nH]c(=O)c1S(=O)(=O)Cl. The molecule has 0 aliphatic carbocycles. The highest BCUT2D eigenvalue weighted by Gasteiger charge is 2.21. The minimum atomic E-state index is -3.99. The molecule has 0 atom stereocenters. The van der Waals surface area contributed by atoms with E-state index in [9.17, 15) is 13.2 Å². The molecule has 7 heteroatoms. The molecule has 1 rings (SSSR count). The van der Waals surface area contributed by atoms with E-state index in [4.69, 9.17) is 10.7 Å². The van der Waals surface area contributed by atoms with E-state index in [0.29, 0.717) is 0 Å². The Hall–Kier alpha value is -0.750. The Balaban J connectivity index is 3.59. The Morgan fingerprint density at radius 2 is 2.09 bits per heavy atom. The van der Waals surface area contributed by atoms with Crippen LogP contribution in [0.3, 0.4) is 0 Å². The van der Waals surface area contributed by atoms with E-state index in [1.807, 2.05) is 5.16 Å². The van der Waals surface area contributed by atoms with Crippen LogP contribution >= 0.6 is 10.7 Å². The molecule has 62 valence electrons. The number of aryl methyl sites for hydroxylation is 1. The minimum absolute atomic E-state index is 0.0370. The van der Waals surface area contributed by atoms with Gasteiger partial charge in [-0.25, -0.2) is 8.42 Å². The van der Waals surface area contributed by atoms with Gasteiger partial charge in [-0.05, 0) is 6.92 Å². The summed E-state index contributed by atoms with van der Waals surface area (Å²) >= 11 is 0. The normalized spacial score (nSPS) is 11.8. The molecule has 11 heavy (non-hydrogen) atoms. The third-order valence-electron chi connectivity index (χ3n) is 1.07. The average molecular weight is 198 g/mol. The van der Waals surface area contributed by atoms with E-state index in [1.54, 1.807) is 0 Å². The molecule has 0 bridgehead atoms. The lowest BCUT2D eigenvalue weighted by Crippen LogP contribution is -2.08. The van der Waals surface area contributed by atoms with Crippen LogP contribution in [0.4, 0.5) is 0 Å². The molecule has 0 saturated carbocycles. The largest absolute Gasteiger partial charge is 0.382 e. The fourth-order valence-corrected chi connectivity index (χ4v) is 1.84. The lowest BCUT2D eigenvalue weighted by molar-refractivity contribution is 0.390. The minimum Gasteiger partial charge on any atom is -0.382 e. The standard InChI is InChI=1S/C4H4ClNO4S/c1-2-3(11(5,8)9)4(7)6-10-2/h1H3,(H,6,7). The van der Waals surface area contributed by atoms with E-state index in [2.05, 4.69) is 4.52 Å². The molecule has 0 amide bonds. The summed E-state index contributed by atoms with van der Waals surface area (Å²) in [6.07, 6.45) is 0. The molecular formula is C4H4ClNO4S. The molecule has 0 spiro atoms. The smallest absolute Gasteiger partial charge is 0.300 e. The average Bonchev–Trinajstić information content (AvgIpc) is 2.08. The fraction of sp³-hybridized carbons (Fsp3) is 0.250. The zero-order valence-corrected chi connectivity index (χ0v) is 6.99.